The molecule has 0 amide bonds. The van der Waals surface area contributed by atoms with Crippen LogP contribution in [0.5, 0.6) is 5.75 Å². The van der Waals surface area contributed by atoms with Gasteiger partial charge >= 0.3 is 0 Å². The summed E-state index contributed by atoms with van der Waals surface area (Å²) in [6.07, 6.45) is 3.29. The summed E-state index contributed by atoms with van der Waals surface area (Å²) >= 11 is 6.21. The van der Waals surface area contributed by atoms with Crippen LogP contribution < -0.4 is 21.2 Å². The van der Waals surface area contributed by atoms with Crippen LogP contribution in [-0.2, 0) is 4.74 Å². The number of rotatable bonds is 7. The van der Waals surface area contributed by atoms with Gasteiger partial charge < -0.3 is 25.9 Å². The Labute approximate surface area is 147 Å². The molecule has 0 spiro atoms. The number of allylic oxidation sites excluding steroid dienone is 1. The van der Waals surface area contributed by atoms with Gasteiger partial charge in [0, 0.05) is 25.8 Å². The van der Waals surface area contributed by atoms with E-state index in [-0.39, 0.29) is 11.9 Å². The lowest BCUT2D eigenvalue weighted by Gasteiger charge is -2.22. The molecule has 1 atom stereocenters. The minimum atomic E-state index is -0.0361. The standard InChI is InChI=1S/C16H24ClN5O2/c1-3-4-13(19-2)15(17)16(18)22-24-11-5-6-12(21-9-11)14-10-20-7-8-23-14/h5-6,9,14,19-20H,3-4,7-8,10H2,1-2H3,(H2,18,22)/b15-13+. The minimum Gasteiger partial charge on any atom is -0.390 e. The fraction of sp³-hybridized carbons (Fsp3) is 0.500. The van der Waals surface area contributed by atoms with Gasteiger partial charge in [-0.05, 0) is 18.6 Å². The molecular weight excluding hydrogens is 330 g/mol. The van der Waals surface area contributed by atoms with Crippen molar-refractivity contribution >= 4 is 17.4 Å². The van der Waals surface area contributed by atoms with E-state index < -0.39 is 0 Å². The van der Waals surface area contributed by atoms with Gasteiger partial charge in [-0.3, -0.25) is 4.98 Å². The monoisotopic (exact) mass is 353 g/mol. The van der Waals surface area contributed by atoms with E-state index in [2.05, 4.69) is 27.7 Å². The minimum absolute atomic E-state index is 0.0361. The van der Waals surface area contributed by atoms with E-state index in [9.17, 15) is 0 Å². The molecule has 0 bridgehead atoms. The maximum atomic E-state index is 6.21. The Balaban J connectivity index is 2.00. The summed E-state index contributed by atoms with van der Waals surface area (Å²) in [5.41, 5.74) is 7.55. The lowest BCUT2D eigenvalue weighted by molar-refractivity contribution is 0.0250. The molecule has 0 aliphatic carbocycles. The van der Waals surface area contributed by atoms with Crippen LogP contribution in [0.2, 0.25) is 0 Å². The van der Waals surface area contributed by atoms with E-state index >= 15 is 0 Å². The quantitative estimate of drug-likeness (QED) is 0.393. The largest absolute Gasteiger partial charge is 0.390 e. The average Bonchev–Trinajstić information content (AvgIpc) is 2.64. The van der Waals surface area contributed by atoms with Crippen molar-refractivity contribution in [1.82, 2.24) is 15.6 Å². The van der Waals surface area contributed by atoms with Crippen LogP contribution in [0, 0.1) is 0 Å². The average molecular weight is 354 g/mol. The first-order valence-corrected chi connectivity index (χ1v) is 8.39. The molecule has 24 heavy (non-hydrogen) atoms. The van der Waals surface area contributed by atoms with Gasteiger partial charge in [0.2, 0.25) is 0 Å². The highest BCUT2D eigenvalue weighted by Crippen LogP contribution is 2.19. The number of morpholine rings is 1. The smallest absolute Gasteiger partial charge is 0.184 e. The molecule has 0 aromatic carbocycles. The fourth-order valence-corrected chi connectivity index (χ4v) is 2.51. The maximum Gasteiger partial charge on any atom is 0.184 e. The normalized spacial score (nSPS) is 19.6. The lowest BCUT2D eigenvalue weighted by atomic mass is 10.2. The van der Waals surface area contributed by atoms with Crippen molar-refractivity contribution in [2.24, 2.45) is 10.9 Å². The number of oxime groups is 1. The van der Waals surface area contributed by atoms with Crippen LogP contribution >= 0.6 is 11.6 Å². The van der Waals surface area contributed by atoms with Crippen molar-refractivity contribution in [3.05, 3.63) is 34.8 Å². The third-order valence-electron chi connectivity index (χ3n) is 3.56. The van der Waals surface area contributed by atoms with Gasteiger partial charge in [0.25, 0.3) is 0 Å². The molecule has 1 aliphatic heterocycles. The van der Waals surface area contributed by atoms with Gasteiger partial charge in [0.15, 0.2) is 11.6 Å². The first kappa shape index (κ1) is 18.5. The number of amidine groups is 1. The zero-order valence-corrected chi connectivity index (χ0v) is 14.8. The van der Waals surface area contributed by atoms with Crippen molar-refractivity contribution in [2.45, 2.75) is 25.9 Å². The molecule has 1 unspecified atom stereocenters. The number of ether oxygens (including phenoxy) is 1. The van der Waals surface area contributed by atoms with Gasteiger partial charge in [-0.1, -0.05) is 30.1 Å². The number of nitrogens with zero attached hydrogens (tertiary/aromatic N) is 2. The maximum absolute atomic E-state index is 6.21. The predicted molar refractivity (Wildman–Crippen MR) is 94.9 cm³/mol. The highest BCUT2D eigenvalue weighted by molar-refractivity contribution is 6.43. The second kappa shape index (κ2) is 9.46. The molecule has 4 N–H and O–H groups in total. The Kier molecular flexibility index (Phi) is 7.30. The Morgan fingerprint density at radius 1 is 1.58 bits per heavy atom. The van der Waals surface area contributed by atoms with Crippen LogP contribution in [0.25, 0.3) is 0 Å². The van der Waals surface area contributed by atoms with E-state index in [0.717, 1.165) is 37.3 Å². The molecule has 1 aromatic rings. The fourth-order valence-electron chi connectivity index (χ4n) is 2.28. The lowest BCUT2D eigenvalue weighted by Crippen LogP contribution is -2.33. The van der Waals surface area contributed by atoms with Crippen LogP contribution in [0.15, 0.2) is 34.2 Å². The zero-order valence-electron chi connectivity index (χ0n) is 14.0. The first-order valence-electron chi connectivity index (χ1n) is 8.01. The second-order valence-corrected chi connectivity index (χ2v) is 5.72. The van der Waals surface area contributed by atoms with Crippen molar-refractivity contribution in [3.63, 3.8) is 0 Å². The molecule has 7 nitrogen and oxygen atoms in total. The Morgan fingerprint density at radius 3 is 3.00 bits per heavy atom. The molecule has 1 aliphatic rings. The van der Waals surface area contributed by atoms with E-state index in [1.165, 1.54) is 0 Å². The molecule has 8 heteroatoms. The molecule has 2 heterocycles. The van der Waals surface area contributed by atoms with E-state index in [1.807, 2.05) is 6.07 Å². The van der Waals surface area contributed by atoms with Crippen LogP contribution in [-0.4, -0.2) is 37.6 Å². The first-order chi connectivity index (χ1) is 11.7. The zero-order chi connectivity index (χ0) is 17.4. The molecule has 0 radical (unpaired) electrons. The van der Waals surface area contributed by atoms with Gasteiger partial charge in [0.05, 0.1) is 18.5 Å². The predicted octanol–water partition coefficient (Wildman–Crippen LogP) is 1.86. The van der Waals surface area contributed by atoms with E-state index in [1.54, 1.807) is 19.3 Å². The summed E-state index contributed by atoms with van der Waals surface area (Å²) in [5, 5.41) is 10.5. The van der Waals surface area contributed by atoms with Crippen molar-refractivity contribution in [3.8, 4) is 5.75 Å². The number of halogens is 1. The van der Waals surface area contributed by atoms with Crippen molar-refractivity contribution in [1.29, 1.82) is 0 Å². The topological polar surface area (TPSA) is 93.8 Å². The Bertz CT molecular complexity index is 583. The van der Waals surface area contributed by atoms with Gasteiger partial charge in [-0.25, -0.2) is 0 Å². The summed E-state index contributed by atoms with van der Waals surface area (Å²) in [7, 11) is 1.80. The third-order valence-corrected chi connectivity index (χ3v) is 3.98. The van der Waals surface area contributed by atoms with Crippen molar-refractivity contribution < 1.29 is 9.57 Å². The van der Waals surface area contributed by atoms with Gasteiger partial charge in [-0.2, -0.15) is 0 Å². The van der Waals surface area contributed by atoms with Crippen LogP contribution in [0.3, 0.4) is 0 Å². The van der Waals surface area contributed by atoms with Crippen LogP contribution in [0.4, 0.5) is 0 Å². The number of aromatic nitrogens is 1. The molecule has 0 saturated carbocycles. The molecular formula is C16H24ClN5O2. The van der Waals surface area contributed by atoms with Crippen molar-refractivity contribution in [2.75, 3.05) is 26.7 Å². The number of pyridine rings is 1. The highest BCUT2D eigenvalue weighted by atomic mass is 35.5. The SMILES string of the molecule is CCC/C(NC)=C(\Cl)C(N)=NOc1ccc(C2CNCCO2)nc1. The number of nitrogens with one attached hydrogen (secondary N) is 2. The third kappa shape index (κ3) is 5.09. The Hall–Kier alpha value is -1.83. The molecule has 2 rings (SSSR count). The number of hydrogen-bond acceptors (Lipinski definition) is 6. The van der Waals surface area contributed by atoms with Gasteiger partial charge in [-0.15, -0.1) is 0 Å². The second-order valence-electron chi connectivity index (χ2n) is 5.34. The van der Waals surface area contributed by atoms with Gasteiger partial charge in [0.1, 0.15) is 11.1 Å². The molecule has 1 saturated heterocycles. The highest BCUT2D eigenvalue weighted by Gasteiger charge is 2.16. The summed E-state index contributed by atoms with van der Waals surface area (Å²) in [6, 6.07) is 3.63. The van der Waals surface area contributed by atoms with E-state index in [4.69, 9.17) is 26.9 Å². The number of hydrogen-bond donors (Lipinski definition) is 3. The summed E-state index contributed by atoms with van der Waals surface area (Å²) in [5.74, 6) is 0.606. The summed E-state index contributed by atoms with van der Waals surface area (Å²) < 4.78 is 5.65. The van der Waals surface area contributed by atoms with Crippen LogP contribution in [0.1, 0.15) is 31.6 Å². The Morgan fingerprint density at radius 2 is 2.42 bits per heavy atom. The summed E-state index contributed by atoms with van der Waals surface area (Å²) in [4.78, 5) is 9.65. The molecule has 1 aromatic heterocycles. The summed E-state index contributed by atoms with van der Waals surface area (Å²) in [6.45, 7) is 4.36. The molecule has 132 valence electrons. The number of nitrogens with two attached hydrogens (primary N) is 1. The van der Waals surface area contributed by atoms with E-state index in [0.29, 0.717) is 17.4 Å². The molecule has 1 fully saturated rings.